The van der Waals surface area contributed by atoms with Crippen LogP contribution in [-0.4, -0.2) is 28.4 Å². The molecule has 0 fully saturated rings. The van der Waals surface area contributed by atoms with Crippen molar-refractivity contribution < 1.29 is 27.8 Å². The zero-order valence-corrected chi connectivity index (χ0v) is 13.1. The van der Waals surface area contributed by atoms with Crippen LogP contribution in [0, 0.1) is 6.92 Å². The van der Waals surface area contributed by atoms with Crippen molar-refractivity contribution in [2.45, 2.75) is 32.0 Å². The Morgan fingerprint density at radius 2 is 1.91 bits per heavy atom. The third kappa shape index (κ3) is 2.81. The molecule has 2 aromatic rings. The minimum absolute atomic E-state index is 0.0543. The molecular formula is C16H18F3NO3. The fourth-order valence-electron chi connectivity index (χ4n) is 2.79. The predicted octanol–water partition coefficient (Wildman–Crippen LogP) is 3.19. The number of halogens is 3. The summed E-state index contributed by atoms with van der Waals surface area (Å²) in [6.45, 7) is 2.92. The number of rotatable bonds is 4. The van der Waals surface area contributed by atoms with Crippen molar-refractivity contribution in [1.82, 2.24) is 4.57 Å². The van der Waals surface area contributed by atoms with Crippen molar-refractivity contribution in [3.05, 3.63) is 35.5 Å². The molecule has 2 rings (SSSR count). The maximum atomic E-state index is 13.6. The highest BCUT2D eigenvalue weighted by Crippen LogP contribution is 2.46. The predicted molar refractivity (Wildman–Crippen MR) is 78.9 cm³/mol. The van der Waals surface area contributed by atoms with Gasteiger partial charge in [0.1, 0.15) is 0 Å². The molecule has 1 aromatic carbocycles. The first-order valence-corrected chi connectivity index (χ1v) is 7.12. The van der Waals surface area contributed by atoms with Crippen LogP contribution < -0.4 is 0 Å². The van der Waals surface area contributed by atoms with Gasteiger partial charge in [-0.15, -0.1) is 0 Å². The number of ether oxygens (including phenoxy) is 1. The van der Waals surface area contributed by atoms with Crippen LogP contribution in [0.4, 0.5) is 13.2 Å². The molecule has 4 nitrogen and oxygen atoms in total. The van der Waals surface area contributed by atoms with E-state index in [4.69, 9.17) is 0 Å². The first-order chi connectivity index (χ1) is 10.6. The minimum atomic E-state index is -5.02. The number of carbonyl (C=O) groups excluding carboxylic acids is 1. The van der Waals surface area contributed by atoms with Gasteiger partial charge in [0.2, 0.25) is 0 Å². The van der Waals surface area contributed by atoms with Gasteiger partial charge in [0.15, 0.2) is 5.60 Å². The van der Waals surface area contributed by atoms with Gasteiger partial charge in [-0.05, 0) is 19.9 Å². The van der Waals surface area contributed by atoms with E-state index in [1.165, 1.54) is 19.9 Å². The van der Waals surface area contributed by atoms with Gasteiger partial charge in [0, 0.05) is 29.2 Å². The molecule has 0 aliphatic heterocycles. The second kappa shape index (κ2) is 5.88. The van der Waals surface area contributed by atoms with Crippen LogP contribution >= 0.6 is 0 Å². The molecule has 0 saturated heterocycles. The first kappa shape index (κ1) is 17.3. The van der Waals surface area contributed by atoms with Gasteiger partial charge in [-0.1, -0.05) is 18.2 Å². The lowest BCUT2D eigenvalue weighted by atomic mass is 9.87. The smallest absolute Gasteiger partial charge is 0.422 e. The fourth-order valence-corrected chi connectivity index (χ4v) is 2.79. The zero-order valence-electron chi connectivity index (χ0n) is 13.1. The van der Waals surface area contributed by atoms with Gasteiger partial charge in [-0.3, -0.25) is 4.79 Å². The maximum absolute atomic E-state index is 13.6. The van der Waals surface area contributed by atoms with Crippen LogP contribution in [0.15, 0.2) is 24.3 Å². The number of nitrogens with zero attached hydrogens (tertiary/aromatic N) is 1. The summed E-state index contributed by atoms with van der Waals surface area (Å²) >= 11 is 0. The molecule has 1 N–H and O–H groups in total. The Labute approximate surface area is 131 Å². The van der Waals surface area contributed by atoms with Crippen molar-refractivity contribution in [1.29, 1.82) is 0 Å². The number of para-hydroxylation sites is 1. The molecule has 0 aliphatic rings. The molecule has 0 saturated carbocycles. The molecule has 1 aromatic heterocycles. The molecule has 0 spiro atoms. The quantitative estimate of drug-likeness (QED) is 0.877. The van der Waals surface area contributed by atoms with Crippen LogP contribution in [0.25, 0.3) is 10.9 Å². The summed E-state index contributed by atoms with van der Waals surface area (Å²) in [6.07, 6.45) is -6.20. The van der Waals surface area contributed by atoms with Crippen molar-refractivity contribution in [3.8, 4) is 0 Å². The van der Waals surface area contributed by atoms with E-state index in [0.29, 0.717) is 5.52 Å². The number of aryl methyl sites for hydroxylation is 1. The lowest BCUT2D eigenvalue weighted by molar-refractivity contribution is -0.269. The lowest BCUT2D eigenvalue weighted by Crippen LogP contribution is -2.45. The number of hydrogen-bond donors (Lipinski definition) is 1. The molecule has 0 radical (unpaired) electrons. The van der Waals surface area contributed by atoms with Gasteiger partial charge in [-0.2, -0.15) is 13.2 Å². The van der Waals surface area contributed by atoms with E-state index in [1.807, 2.05) is 0 Å². The van der Waals surface area contributed by atoms with Gasteiger partial charge in [0.05, 0.1) is 13.0 Å². The minimum Gasteiger partial charge on any atom is -0.466 e. The highest BCUT2D eigenvalue weighted by molar-refractivity contribution is 5.87. The number of fused-ring (bicyclic) bond motifs is 1. The molecule has 0 aliphatic carbocycles. The number of benzene rings is 1. The highest BCUT2D eigenvalue weighted by atomic mass is 19.4. The molecule has 1 atom stereocenters. The van der Waals surface area contributed by atoms with Crippen LogP contribution in [0.3, 0.4) is 0 Å². The van der Waals surface area contributed by atoms with Crippen molar-refractivity contribution in [2.75, 3.05) is 6.61 Å². The summed E-state index contributed by atoms with van der Waals surface area (Å²) in [4.78, 5) is 11.6. The largest absolute Gasteiger partial charge is 0.466 e. The Kier molecular flexibility index (Phi) is 4.43. The van der Waals surface area contributed by atoms with E-state index in [2.05, 4.69) is 4.74 Å². The van der Waals surface area contributed by atoms with Crippen LogP contribution in [0.5, 0.6) is 0 Å². The highest BCUT2D eigenvalue weighted by Gasteiger charge is 2.58. The van der Waals surface area contributed by atoms with Crippen molar-refractivity contribution in [2.24, 2.45) is 7.05 Å². The Morgan fingerprint density at radius 3 is 2.48 bits per heavy atom. The van der Waals surface area contributed by atoms with E-state index >= 15 is 0 Å². The van der Waals surface area contributed by atoms with Crippen LogP contribution in [0.2, 0.25) is 0 Å². The Balaban J connectivity index is 2.71. The van der Waals surface area contributed by atoms with Gasteiger partial charge >= 0.3 is 12.1 Å². The average molecular weight is 329 g/mol. The van der Waals surface area contributed by atoms with Crippen molar-refractivity contribution >= 4 is 16.9 Å². The SMILES string of the molecule is CCOC(=O)CC(O)(c1c(C)n(C)c2ccccc12)C(F)(F)F. The number of alkyl halides is 3. The molecule has 126 valence electrons. The number of aromatic nitrogens is 1. The molecule has 0 bridgehead atoms. The summed E-state index contributed by atoms with van der Waals surface area (Å²) in [5.41, 5.74) is -2.82. The normalized spacial score (nSPS) is 14.7. The van der Waals surface area contributed by atoms with Crippen molar-refractivity contribution in [3.63, 3.8) is 0 Å². The second-order valence-electron chi connectivity index (χ2n) is 5.38. The molecule has 1 unspecified atom stereocenters. The third-order valence-corrected chi connectivity index (χ3v) is 3.99. The summed E-state index contributed by atoms with van der Waals surface area (Å²) in [7, 11) is 1.61. The summed E-state index contributed by atoms with van der Waals surface area (Å²) < 4.78 is 47.1. The Morgan fingerprint density at radius 1 is 1.30 bits per heavy atom. The average Bonchev–Trinajstić information content (AvgIpc) is 2.70. The van der Waals surface area contributed by atoms with Gasteiger partial charge in [-0.25, -0.2) is 0 Å². The number of aliphatic hydroxyl groups is 1. The third-order valence-electron chi connectivity index (χ3n) is 3.99. The molecule has 23 heavy (non-hydrogen) atoms. The first-order valence-electron chi connectivity index (χ1n) is 7.12. The monoisotopic (exact) mass is 329 g/mol. The fraction of sp³-hybridized carbons (Fsp3) is 0.438. The molecule has 7 heteroatoms. The summed E-state index contributed by atoms with van der Waals surface area (Å²) in [5, 5.41) is 10.7. The second-order valence-corrected chi connectivity index (χ2v) is 5.38. The van der Waals surface area contributed by atoms with Gasteiger partial charge < -0.3 is 14.4 Å². The maximum Gasteiger partial charge on any atom is 0.422 e. The standard InChI is InChI=1S/C16H18F3NO3/c1-4-23-13(21)9-15(22,16(17,18)19)14-10(2)20(3)12-8-6-5-7-11(12)14/h5-8,22H,4,9H2,1-3H3. The Hall–Kier alpha value is -2.02. The van der Waals surface area contributed by atoms with E-state index in [1.54, 1.807) is 29.8 Å². The number of hydrogen-bond acceptors (Lipinski definition) is 3. The van der Waals surface area contributed by atoms with E-state index in [-0.39, 0.29) is 23.3 Å². The molecular weight excluding hydrogens is 311 g/mol. The van der Waals surface area contributed by atoms with E-state index in [0.717, 1.165) is 0 Å². The lowest BCUT2D eigenvalue weighted by Gasteiger charge is -2.30. The van der Waals surface area contributed by atoms with Crippen LogP contribution in [0.1, 0.15) is 24.6 Å². The summed E-state index contributed by atoms with van der Waals surface area (Å²) in [6, 6.07) is 6.45. The number of carbonyl (C=O) groups is 1. The summed E-state index contributed by atoms with van der Waals surface area (Å²) in [5.74, 6) is -1.10. The van der Waals surface area contributed by atoms with E-state index < -0.39 is 24.2 Å². The van der Waals surface area contributed by atoms with Crippen LogP contribution in [-0.2, 0) is 22.2 Å². The van der Waals surface area contributed by atoms with Gasteiger partial charge in [0.25, 0.3) is 0 Å². The Bertz CT molecular complexity index is 736. The topological polar surface area (TPSA) is 51.5 Å². The zero-order chi connectivity index (χ0) is 17.4. The molecule has 1 heterocycles. The number of esters is 1. The molecule has 0 amide bonds. The van der Waals surface area contributed by atoms with E-state index in [9.17, 15) is 23.1 Å².